The first-order valence-corrected chi connectivity index (χ1v) is 10.6. The average molecular weight is 388 g/mol. The van der Waals surface area contributed by atoms with Crippen LogP contribution in [0, 0.1) is 5.92 Å². The Morgan fingerprint density at radius 2 is 2.07 bits per heavy atom. The second-order valence-corrected chi connectivity index (χ2v) is 8.65. The number of nitrogens with zero attached hydrogens (tertiary/aromatic N) is 3. The van der Waals surface area contributed by atoms with Gasteiger partial charge < -0.3 is 25.2 Å². The summed E-state index contributed by atoms with van der Waals surface area (Å²) in [6, 6.07) is 5.15. The van der Waals surface area contributed by atoms with Gasteiger partial charge in [0.1, 0.15) is 0 Å². The van der Waals surface area contributed by atoms with Crippen LogP contribution in [0.25, 0.3) is 0 Å². The van der Waals surface area contributed by atoms with Crippen molar-refractivity contribution in [3.63, 3.8) is 0 Å². The molecular formula is C21H33N5O2. The van der Waals surface area contributed by atoms with Gasteiger partial charge >= 0.3 is 0 Å². The molecule has 0 radical (unpaired) electrons. The van der Waals surface area contributed by atoms with E-state index in [9.17, 15) is 4.79 Å². The number of carbonyl (C=O) groups excluding carboxylic acids is 1. The van der Waals surface area contributed by atoms with E-state index in [-0.39, 0.29) is 11.9 Å². The molecule has 1 aromatic heterocycles. The van der Waals surface area contributed by atoms with Crippen LogP contribution in [0.5, 0.6) is 5.88 Å². The van der Waals surface area contributed by atoms with Crippen molar-refractivity contribution in [1.82, 2.24) is 20.5 Å². The topological polar surface area (TPSA) is 69.7 Å². The Balaban J connectivity index is 1.33. The third kappa shape index (κ3) is 4.58. The zero-order valence-corrected chi connectivity index (χ0v) is 17.1. The summed E-state index contributed by atoms with van der Waals surface area (Å²) in [4.78, 5) is 20.8. The molecule has 3 atom stereocenters. The SMILES string of the molecule is CN1CCC(COc2cc(N(C)C3CCC4NCC(=O)NC4C3)ccn2)CC1. The van der Waals surface area contributed by atoms with Crippen molar-refractivity contribution in [2.45, 2.75) is 50.2 Å². The molecule has 1 aromatic rings. The lowest BCUT2D eigenvalue weighted by atomic mass is 9.84. The third-order valence-electron chi connectivity index (χ3n) is 6.67. The summed E-state index contributed by atoms with van der Waals surface area (Å²) in [6.45, 7) is 3.50. The van der Waals surface area contributed by atoms with E-state index in [1.165, 1.54) is 12.8 Å². The fourth-order valence-corrected chi connectivity index (χ4v) is 4.73. The molecule has 3 unspecified atom stereocenters. The van der Waals surface area contributed by atoms with Crippen molar-refractivity contribution in [2.75, 3.05) is 45.2 Å². The van der Waals surface area contributed by atoms with Gasteiger partial charge in [0.05, 0.1) is 13.2 Å². The van der Waals surface area contributed by atoms with Gasteiger partial charge in [-0.25, -0.2) is 4.98 Å². The van der Waals surface area contributed by atoms with E-state index in [0.29, 0.717) is 30.4 Å². The van der Waals surface area contributed by atoms with E-state index in [0.717, 1.165) is 44.6 Å². The number of hydrogen-bond donors (Lipinski definition) is 2. The zero-order valence-electron chi connectivity index (χ0n) is 17.1. The minimum absolute atomic E-state index is 0.109. The highest BCUT2D eigenvalue weighted by Gasteiger charge is 2.35. The van der Waals surface area contributed by atoms with E-state index in [4.69, 9.17) is 4.74 Å². The van der Waals surface area contributed by atoms with Gasteiger partial charge in [-0.05, 0) is 64.2 Å². The predicted molar refractivity (Wildman–Crippen MR) is 110 cm³/mol. The summed E-state index contributed by atoms with van der Waals surface area (Å²) in [5, 5.41) is 6.52. The smallest absolute Gasteiger partial charge is 0.234 e. The van der Waals surface area contributed by atoms with Crippen LogP contribution in [0.4, 0.5) is 5.69 Å². The third-order valence-corrected chi connectivity index (χ3v) is 6.67. The summed E-state index contributed by atoms with van der Waals surface area (Å²) >= 11 is 0. The number of hydrogen-bond acceptors (Lipinski definition) is 6. The normalized spacial score (nSPS) is 29.1. The minimum atomic E-state index is 0.109. The molecule has 154 valence electrons. The van der Waals surface area contributed by atoms with Crippen LogP contribution >= 0.6 is 0 Å². The molecule has 0 bridgehead atoms. The fraction of sp³-hybridized carbons (Fsp3) is 0.714. The van der Waals surface area contributed by atoms with Gasteiger partial charge in [-0.1, -0.05) is 0 Å². The number of carbonyl (C=O) groups is 1. The molecule has 7 heteroatoms. The van der Waals surface area contributed by atoms with Crippen molar-refractivity contribution in [3.8, 4) is 5.88 Å². The largest absolute Gasteiger partial charge is 0.477 e. The summed E-state index contributed by atoms with van der Waals surface area (Å²) < 4.78 is 6.04. The highest BCUT2D eigenvalue weighted by Crippen LogP contribution is 2.29. The maximum Gasteiger partial charge on any atom is 0.234 e. The van der Waals surface area contributed by atoms with Gasteiger partial charge in [-0.2, -0.15) is 0 Å². The van der Waals surface area contributed by atoms with Crippen LogP contribution < -0.4 is 20.3 Å². The molecule has 3 heterocycles. The number of piperidine rings is 1. The summed E-state index contributed by atoms with van der Waals surface area (Å²) in [7, 11) is 4.32. The molecule has 0 spiro atoms. The molecule has 1 saturated carbocycles. The van der Waals surface area contributed by atoms with E-state index in [1.807, 2.05) is 12.3 Å². The summed E-state index contributed by atoms with van der Waals surface area (Å²) in [6.07, 6.45) is 7.40. The van der Waals surface area contributed by atoms with Gasteiger partial charge in [0.15, 0.2) is 0 Å². The molecule has 3 aliphatic rings. The van der Waals surface area contributed by atoms with Crippen molar-refractivity contribution < 1.29 is 9.53 Å². The first kappa shape index (κ1) is 19.5. The molecular weight excluding hydrogens is 354 g/mol. The quantitative estimate of drug-likeness (QED) is 0.793. The Hall–Kier alpha value is -1.86. The Kier molecular flexibility index (Phi) is 6.01. The molecule has 3 fully saturated rings. The lowest BCUT2D eigenvalue weighted by molar-refractivity contribution is -0.123. The van der Waals surface area contributed by atoms with E-state index in [2.05, 4.69) is 45.6 Å². The van der Waals surface area contributed by atoms with Crippen molar-refractivity contribution in [2.24, 2.45) is 5.92 Å². The number of fused-ring (bicyclic) bond motifs is 1. The number of likely N-dealkylation sites (tertiary alicyclic amines) is 1. The maximum atomic E-state index is 11.7. The van der Waals surface area contributed by atoms with Gasteiger partial charge in [-0.3, -0.25) is 4.79 Å². The zero-order chi connectivity index (χ0) is 19.5. The number of aromatic nitrogens is 1. The van der Waals surface area contributed by atoms with E-state index in [1.54, 1.807) is 0 Å². The Morgan fingerprint density at radius 3 is 2.89 bits per heavy atom. The number of anilines is 1. The summed E-state index contributed by atoms with van der Waals surface area (Å²) in [5.74, 6) is 1.44. The Morgan fingerprint density at radius 1 is 1.25 bits per heavy atom. The first-order valence-electron chi connectivity index (χ1n) is 10.6. The number of piperazine rings is 1. The molecule has 2 aliphatic heterocycles. The van der Waals surface area contributed by atoms with Crippen LogP contribution in [-0.4, -0.2) is 74.3 Å². The monoisotopic (exact) mass is 387 g/mol. The lowest BCUT2D eigenvalue weighted by Gasteiger charge is -2.43. The van der Waals surface area contributed by atoms with Crippen molar-refractivity contribution in [1.29, 1.82) is 0 Å². The van der Waals surface area contributed by atoms with Crippen LogP contribution in [0.15, 0.2) is 18.3 Å². The Labute approximate surface area is 167 Å². The fourth-order valence-electron chi connectivity index (χ4n) is 4.73. The van der Waals surface area contributed by atoms with E-state index < -0.39 is 0 Å². The van der Waals surface area contributed by atoms with Crippen LogP contribution in [0.3, 0.4) is 0 Å². The molecule has 28 heavy (non-hydrogen) atoms. The van der Waals surface area contributed by atoms with Crippen LogP contribution in [0.2, 0.25) is 0 Å². The molecule has 4 rings (SSSR count). The predicted octanol–water partition coefficient (Wildman–Crippen LogP) is 1.25. The minimum Gasteiger partial charge on any atom is -0.477 e. The molecule has 1 amide bonds. The van der Waals surface area contributed by atoms with Gasteiger partial charge in [0.2, 0.25) is 11.8 Å². The molecule has 2 saturated heterocycles. The maximum absolute atomic E-state index is 11.7. The highest BCUT2D eigenvalue weighted by molar-refractivity contribution is 5.79. The van der Waals surface area contributed by atoms with Crippen LogP contribution in [0.1, 0.15) is 32.1 Å². The average Bonchev–Trinajstić information content (AvgIpc) is 2.72. The number of rotatable bonds is 5. The van der Waals surface area contributed by atoms with Crippen molar-refractivity contribution in [3.05, 3.63) is 18.3 Å². The second kappa shape index (κ2) is 8.66. The molecule has 7 nitrogen and oxygen atoms in total. The first-order chi connectivity index (χ1) is 13.6. The van der Waals surface area contributed by atoms with Gasteiger partial charge in [0, 0.05) is 43.1 Å². The molecule has 1 aliphatic carbocycles. The number of pyridine rings is 1. The molecule has 0 aromatic carbocycles. The van der Waals surface area contributed by atoms with E-state index >= 15 is 0 Å². The van der Waals surface area contributed by atoms with Crippen molar-refractivity contribution >= 4 is 11.6 Å². The second-order valence-electron chi connectivity index (χ2n) is 8.65. The summed E-state index contributed by atoms with van der Waals surface area (Å²) in [5.41, 5.74) is 1.13. The van der Waals surface area contributed by atoms with Crippen LogP contribution in [-0.2, 0) is 4.79 Å². The van der Waals surface area contributed by atoms with Gasteiger partial charge in [0.25, 0.3) is 0 Å². The molecule has 2 N–H and O–H groups in total. The number of amides is 1. The number of ether oxygens (including phenoxy) is 1. The standard InChI is InChI=1S/C21H33N5O2/c1-25-9-6-15(7-10-25)14-28-21-12-17(5-8-22-21)26(2)16-3-4-18-19(11-16)24-20(27)13-23-18/h5,8,12,15-16,18-19,23H,3-4,6-7,9-11,13-14H2,1-2H3,(H,24,27). The Bertz CT molecular complexity index is 677. The highest BCUT2D eigenvalue weighted by atomic mass is 16.5. The van der Waals surface area contributed by atoms with Gasteiger partial charge in [-0.15, -0.1) is 0 Å². The number of nitrogens with one attached hydrogen (secondary N) is 2. The lowest BCUT2D eigenvalue weighted by Crippen LogP contribution is -2.62.